The fourth-order valence-electron chi connectivity index (χ4n) is 1.57. The van der Waals surface area contributed by atoms with Crippen molar-refractivity contribution in [3.8, 4) is 5.82 Å². The predicted octanol–water partition coefficient (Wildman–Crippen LogP) is 2.78. The van der Waals surface area contributed by atoms with E-state index in [1.54, 1.807) is 11.8 Å². The Balaban J connectivity index is 2.20. The first-order valence-electron chi connectivity index (χ1n) is 5.71. The molecule has 0 aromatic carbocycles. The van der Waals surface area contributed by atoms with Crippen molar-refractivity contribution in [2.24, 2.45) is 0 Å². The number of hydrogen-bond donors (Lipinski definition) is 0. The first kappa shape index (κ1) is 12.1. The van der Waals surface area contributed by atoms with E-state index < -0.39 is 0 Å². The van der Waals surface area contributed by atoms with Gasteiger partial charge in [-0.3, -0.25) is 0 Å². The molecule has 0 amide bonds. The molecule has 4 nitrogen and oxygen atoms in total. The molecule has 2 rings (SSSR count). The van der Waals surface area contributed by atoms with Crippen LogP contribution in [0.1, 0.15) is 24.7 Å². The monoisotopic (exact) mass is 248 g/mol. The highest BCUT2D eigenvalue weighted by molar-refractivity contribution is 7.99. The summed E-state index contributed by atoms with van der Waals surface area (Å²) >= 11 is 1.73. The standard InChI is InChI=1S/C12H16N4S/c1-4-7-17-12-6-5-11(13-14-12)16-10(3)8-9(2)15-16/h5-6,8H,4,7H2,1-3H3. The Labute approximate surface area is 105 Å². The van der Waals surface area contributed by atoms with Gasteiger partial charge in [-0.15, -0.1) is 22.0 Å². The third kappa shape index (κ3) is 2.85. The largest absolute Gasteiger partial charge is 0.218 e. The summed E-state index contributed by atoms with van der Waals surface area (Å²) in [7, 11) is 0. The molecule has 90 valence electrons. The van der Waals surface area contributed by atoms with Gasteiger partial charge in [-0.25, -0.2) is 4.68 Å². The Kier molecular flexibility index (Phi) is 3.78. The van der Waals surface area contributed by atoms with Crippen LogP contribution in [-0.2, 0) is 0 Å². The van der Waals surface area contributed by atoms with E-state index in [0.29, 0.717) is 0 Å². The van der Waals surface area contributed by atoms with Gasteiger partial charge in [0.05, 0.1) is 5.69 Å². The molecule has 0 spiro atoms. The van der Waals surface area contributed by atoms with Gasteiger partial charge < -0.3 is 0 Å². The molecule has 0 unspecified atom stereocenters. The summed E-state index contributed by atoms with van der Waals surface area (Å²) in [5, 5.41) is 13.7. The maximum Gasteiger partial charge on any atom is 0.175 e. The van der Waals surface area contributed by atoms with Crippen molar-refractivity contribution < 1.29 is 0 Å². The molecule has 2 heterocycles. The molecule has 0 bridgehead atoms. The van der Waals surface area contributed by atoms with Gasteiger partial charge in [0.15, 0.2) is 5.82 Å². The van der Waals surface area contributed by atoms with Gasteiger partial charge in [-0.2, -0.15) is 5.10 Å². The van der Waals surface area contributed by atoms with Gasteiger partial charge in [0.1, 0.15) is 5.03 Å². The molecular weight excluding hydrogens is 232 g/mol. The van der Waals surface area contributed by atoms with Crippen molar-refractivity contribution in [3.63, 3.8) is 0 Å². The predicted molar refractivity (Wildman–Crippen MR) is 69.6 cm³/mol. The van der Waals surface area contributed by atoms with Crippen LogP contribution in [-0.4, -0.2) is 25.7 Å². The molecule has 0 saturated carbocycles. The lowest BCUT2D eigenvalue weighted by Crippen LogP contribution is -2.03. The van der Waals surface area contributed by atoms with E-state index in [2.05, 4.69) is 22.2 Å². The second kappa shape index (κ2) is 5.31. The van der Waals surface area contributed by atoms with Gasteiger partial charge >= 0.3 is 0 Å². The number of aromatic nitrogens is 4. The maximum absolute atomic E-state index is 4.38. The minimum atomic E-state index is 0.774. The minimum Gasteiger partial charge on any atom is -0.218 e. The van der Waals surface area contributed by atoms with Crippen LogP contribution in [0.4, 0.5) is 0 Å². The lowest BCUT2D eigenvalue weighted by atomic mass is 10.4. The molecule has 0 aliphatic rings. The number of hydrogen-bond acceptors (Lipinski definition) is 4. The topological polar surface area (TPSA) is 43.6 Å². The van der Waals surface area contributed by atoms with Crippen molar-refractivity contribution in [2.45, 2.75) is 32.2 Å². The summed E-state index contributed by atoms with van der Waals surface area (Å²) in [5.74, 6) is 1.85. The van der Waals surface area contributed by atoms with Crippen molar-refractivity contribution in [1.82, 2.24) is 20.0 Å². The molecule has 0 N–H and O–H groups in total. The van der Waals surface area contributed by atoms with E-state index in [9.17, 15) is 0 Å². The Bertz CT molecular complexity index is 490. The third-order valence-electron chi connectivity index (χ3n) is 2.31. The van der Waals surface area contributed by atoms with Crippen LogP contribution in [0.5, 0.6) is 0 Å². The lowest BCUT2D eigenvalue weighted by Gasteiger charge is -2.03. The number of rotatable bonds is 4. The zero-order valence-corrected chi connectivity index (χ0v) is 11.2. The fraction of sp³-hybridized carbons (Fsp3) is 0.417. The van der Waals surface area contributed by atoms with Crippen molar-refractivity contribution >= 4 is 11.8 Å². The normalized spacial score (nSPS) is 10.8. The van der Waals surface area contributed by atoms with Crippen LogP contribution in [0.25, 0.3) is 5.82 Å². The number of aryl methyl sites for hydroxylation is 2. The van der Waals surface area contributed by atoms with Crippen LogP contribution in [0, 0.1) is 13.8 Å². The number of thioether (sulfide) groups is 1. The van der Waals surface area contributed by atoms with Crippen LogP contribution in [0.3, 0.4) is 0 Å². The Morgan fingerprint density at radius 2 is 2.06 bits per heavy atom. The first-order chi connectivity index (χ1) is 8.20. The van der Waals surface area contributed by atoms with Gasteiger partial charge in [0.2, 0.25) is 0 Å². The molecule has 0 radical (unpaired) electrons. The van der Waals surface area contributed by atoms with E-state index >= 15 is 0 Å². The summed E-state index contributed by atoms with van der Waals surface area (Å²) in [6.45, 7) is 6.15. The van der Waals surface area contributed by atoms with E-state index in [1.165, 1.54) is 0 Å². The Morgan fingerprint density at radius 1 is 1.24 bits per heavy atom. The van der Waals surface area contributed by atoms with Crippen LogP contribution < -0.4 is 0 Å². The van der Waals surface area contributed by atoms with Crippen molar-refractivity contribution in [1.29, 1.82) is 0 Å². The molecule has 2 aromatic rings. The zero-order valence-electron chi connectivity index (χ0n) is 10.3. The first-order valence-corrected chi connectivity index (χ1v) is 6.69. The summed E-state index contributed by atoms with van der Waals surface area (Å²) in [6.07, 6.45) is 1.14. The quantitative estimate of drug-likeness (QED) is 0.780. The van der Waals surface area contributed by atoms with Crippen LogP contribution in [0.15, 0.2) is 23.2 Å². The average molecular weight is 248 g/mol. The molecular formula is C12H16N4S. The molecule has 0 aliphatic heterocycles. The van der Waals surface area contributed by atoms with Crippen molar-refractivity contribution in [3.05, 3.63) is 29.6 Å². The Morgan fingerprint density at radius 3 is 2.59 bits per heavy atom. The minimum absolute atomic E-state index is 0.774. The highest BCUT2D eigenvalue weighted by atomic mass is 32.2. The van der Waals surface area contributed by atoms with Gasteiger partial charge in [0, 0.05) is 5.69 Å². The molecule has 0 atom stereocenters. The lowest BCUT2D eigenvalue weighted by molar-refractivity contribution is 0.765. The summed E-state index contributed by atoms with van der Waals surface area (Å²) in [6, 6.07) is 5.99. The molecule has 17 heavy (non-hydrogen) atoms. The summed E-state index contributed by atoms with van der Waals surface area (Å²) in [4.78, 5) is 0. The van der Waals surface area contributed by atoms with Gasteiger partial charge in [-0.05, 0) is 44.2 Å². The van der Waals surface area contributed by atoms with E-state index in [1.807, 2.05) is 36.7 Å². The molecule has 2 aromatic heterocycles. The molecule has 0 aliphatic carbocycles. The molecule has 0 saturated heterocycles. The zero-order chi connectivity index (χ0) is 12.3. The van der Waals surface area contributed by atoms with Crippen molar-refractivity contribution in [2.75, 3.05) is 5.75 Å². The smallest absolute Gasteiger partial charge is 0.175 e. The second-order valence-electron chi connectivity index (χ2n) is 3.92. The Hall–Kier alpha value is -1.36. The third-order valence-corrected chi connectivity index (χ3v) is 3.43. The highest BCUT2D eigenvalue weighted by Crippen LogP contribution is 2.16. The molecule has 0 fully saturated rings. The van der Waals surface area contributed by atoms with Gasteiger partial charge in [-0.1, -0.05) is 6.92 Å². The summed E-state index contributed by atoms with van der Waals surface area (Å²) < 4.78 is 1.82. The summed E-state index contributed by atoms with van der Waals surface area (Å²) in [5.41, 5.74) is 2.07. The average Bonchev–Trinajstić information content (AvgIpc) is 2.66. The SMILES string of the molecule is CCCSc1ccc(-n2nc(C)cc2C)nn1. The second-order valence-corrected chi connectivity index (χ2v) is 5.03. The van der Waals surface area contributed by atoms with Gasteiger partial charge in [0.25, 0.3) is 0 Å². The van der Waals surface area contributed by atoms with E-state index in [-0.39, 0.29) is 0 Å². The van der Waals surface area contributed by atoms with Crippen LogP contribution >= 0.6 is 11.8 Å². The van der Waals surface area contributed by atoms with E-state index in [0.717, 1.165) is 34.4 Å². The number of nitrogens with zero attached hydrogens (tertiary/aromatic N) is 4. The maximum atomic E-state index is 4.38. The van der Waals surface area contributed by atoms with E-state index in [4.69, 9.17) is 0 Å². The highest BCUT2D eigenvalue weighted by Gasteiger charge is 2.05. The fourth-order valence-corrected chi connectivity index (χ4v) is 2.25. The van der Waals surface area contributed by atoms with Crippen LogP contribution in [0.2, 0.25) is 0 Å². The molecule has 5 heteroatoms.